The Morgan fingerprint density at radius 3 is 2.33 bits per heavy atom. The largest absolute Gasteiger partial charge is 0.335 e. The highest BCUT2D eigenvalue weighted by Gasteiger charge is 2.26. The Morgan fingerprint density at radius 2 is 1.61 bits per heavy atom. The second-order valence-electron chi connectivity index (χ2n) is 9.05. The first-order valence-corrected chi connectivity index (χ1v) is 12.2. The molecule has 1 saturated heterocycles. The van der Waals surface area contributed by atoms with Gasteiger partial charge in [0.2, 0.25) is 0 Å². The molecule has 36 heavy (non-hydrogen) atoms. The summed E-state index contributed by atoms with van der Waals surface area (Å²) in [7, 11) is 0. The monoisotopic (exact) mass is 480 g/mol. The molecule has 0 saturated carbocycles. The highest BCUT2D eigenvalue weighted by atomic mass is 19.1. The van der Waals surface area contributed by atoms with E-state index in [1.807, 2.05) is 54.3 Å². The fraction of sp³-hybridized carbons (Fsp3) is 0.200. The molecule has 0 bridgehead atoms. The van der Waals surface area contributed by atoms with E-state index in [1.165, 1.54) is 11.6 Å². The molecular formula is C30H29FN4O. The second kappa shape index (κ2) is 10.7. The number of aryl methyl sites for hydroxylation is 1. The quantitative estimate of drug-likeness (QED) is 0.368. The zero-order valence-corrected chi connectivity index (χ0v) is 20.3. The van der Waals surface area contributed by atoms with Crippen molar-refractivity contribution in [3.05, 3.63) is 114 Å². The molecule has 0 spiro atoms. The molecule has 4 aromatic rings. The van der Waals surface area contributed by atoms with E-state index in [1.54, 1.807) is 28.9 Å². The van der Waals surface area contributed by atoms with Crippen LogP contribution >= 0.6 is 0 Å². The molecule has 5 rings (SSSR count). The maximum atomic E-state index is 14.5. The molecule has 3 aromatic carbocycles. The number of halogens is 1. The number of hydrogen-bond donors (Lipinski definition) is 0. The van der Waals surface area contributed by atoms with Gasteiger partial charge < -0.3 is 4.90 Å². The van der Waals surface area contributed by atoms with Crippen LogP contribution in [0.15, 0.2) is 91.0 Å². The summed E-state index contributed by atoms with van der Waals surface area (Å²) in [6.45, 7) is 5.71. The van der Waals surface area contributed by atoms with Crippen molar-refractivity contribution >= 4 is 12.0 Å². The Morgan fingerprint density at radius 1 is 0.917 bits per heavy atom. The van der Waals surface area contributed by atoms with Gasteiger partial charge in [-0.1, -0.05) is 72.3 Å². The van der Waals surface area contributed by atoms with Gasteiger partial charge in [0.05, 0.1) is 11.4 Å². The first-order valence-electron chi connectivity index (χ1n) is 12.2. The number of hydrogen-bond acceptors (Lipinski definition) is 3. The summed E-state index contributed by atoms with van der Waals surface area (Å²) < 4.78 is 16.2. The molecule has 1 aromatic heterocycles. The third-order valence-corrected chi connectivity index (χ3v) is 6.49. The lowest BCUT2D eigenvalue weighted by atomic mass is 10.1. The highest BCUT2D eigenvalue weighted by molar-refractivity contribution is 5.94. The molecule has 5 nitrogen and oxygen atoms in total. The number of carbonyl (C=O) groups excluding carboxylic acids is 1. The summed E-state index contributed by atoms with van der Waals surface area (Å²) in [5.41, 5.74) is 4.34. The standard InChI is InChI=1S/C30H29FN4O/c1-23-13-15-25(16-14-23)35-29(22-28(32-35)26-11-5-6-12-27(26)31)30(36)34-20-18-33(19-21-34)17-7-10-24-8-3-2-4-9-24/h2-16,22H,17-21H2,1H3. The Kier molecular flexibility index (Phi) is 7.05. The summed E-state index contributed by atoms with van der Waals surface area (Å²) in [5, 5.41) is 4.65. The lowest BCUT2D eigenvalue weighted by molar-refractivity contribution is 0.0641. The summed E-state index contributed by atoms with van der Waals surface area (Å²) in [5.74, 6) is -0.452. The average Bonchev–Trinajstić information content (AvgIpc) is 3.35. The number of amides is 1. The van der Waals surface area contributed by atoms with Crippen molar-refractivity contribution in [3.63, 3.8) is 0 Å². The topological polar surface area (TPSA) is 41.4 Å². The molecule has 1 aliphatic rings. The van der Waals surface area contributed by atoms with Crippen molar-refractivity contribution in [2.24, 2.45) is 0 Å². The number of aromatic nitrogens is 2. The van der Waals surface area contributed by atoms with Gasteiger partial charge in [-0.3, -0.25) is 9.69 Å². The number of nitrogens with zero attached hydrogens (tertiary/aromatic N) is 4. The van der Waals surface area contributed by atoms with E-state index < -0.39 is 0 Å². The van der Waals surface area contributed by atoms with Crippen LogP contribution in [0.4, 0.5) is 4.39 Å². The fourth-order valence-electron chi connectivity index (χ4n) is 4.41. The van der Waals surface area contributed by atoms with E-state index in [4.69, 9.17) is 0 Å². The number of piperazine rings is 1. The summed E-state index contributed by atoms with van der Waals surface area (Å²) >= 11 is 0. The molecule has 0 unspecified atom stereocenters. The van der Waals surface area contributed by atoms with Crippen molar-refractivity contribution in [1.82, 2.24) is 19.6 Å². The first kappa shape index (κ1) is 23.7. The third-order valence-electron chi connectivity index (χ3n) is 6.49. The van der Waals surface area contributed by atoms with Gasteiger partial charge in [0.1, 0.15) is 11.5 Å². The van der Waals surface area contributed by atoms with Gasteiger partial charge in [-0.25, -0.2) is 9.07 Å². The van der Waals surface area contributed by atoms with E-state index in [2.05, 4.69) is 34.3 Å². The molecule has 2 heterocycles. The lowest BCUT2D eigenvalue weighted by Gasteiger charge is -2.34. The minimum absolute atomic E-state index is 0.0925. The number of rotatable bonds is 6. The average molecular weight is 481 g/mol. The Hall–Kier alpha value is -4.03. The van der Waals surface area contributed by atoms with Crippen LogP contribution in [0.2, 0.25) is 0 Å². The van der Waals surface area contributed by atoms with Gasteiger partial charge in [0.25, 0.3) is 5.91 Å². The van der Waals surface area contributed by atoms with Crippen LogP contribution in [0.25, 0.3) is 23.0 Å². The zero-order chi connectivity index (χ0) is 24.9. The molecule has 1 fully saturated rings. The van der Waals surface area contributed by atoms with Gasteiger partial charge in [-0.05, 0) is 42.8 Å². The maximum absolute atomic E-state index is 14.5. The molecule has 0 aliphatic carbocycles. The Balaban J connectivity index is 1.33. The molecular weight excluding hydrogens is 451 g/mol. The SMILES string of the molecule is Cc1ccc(-n2nc(-c3ccccc3F)cc2C(=O)N2CCN(CC=Cc3ccccc3)CC2)cc1. The van der Waals surface area contributed by atoms with E-state index in [0.717, 1.165) is 30.9 Å². The number of carbonyl (C=O) groups is 1. The van der Waals surface area contributed by atoms with E-state index in [0.29, 0.717) is 30.0 Å². The zero-order valence-electron chi connectivity index (χ0n) is 20.3. The Bertz CT molecular complexity index is 1350. The van der Waals surface area contributed by atoms with Crippen LogP contribution in [0.3, 0.4) is 0 Å². The molecule has 6 heteroatoms. The van der Waals surface area contributed by atoms with Gasteiger partial charge in [0.15, 0.2) is 0 Å². The normalized spacial score (nSPS) is 14.4. The van der Waals surface area contributed by atoms with Gasteiger partial charge in [-0.2, -0.15) is 5.10 Å². The van der Waals surface area contributed by atoms with Gasteiger partial charge in [-0.15, -0.1) is 0 Å². The Labute approximate surface area is 211 Å². The maximum Gasteiger partial charge on any atom is 0.272 e. The molecule has 0 atom stereocenters. The molecule has 0 N–H and O–H groups in total. The van der Waals surface area contributed by atoms with E-state index >= 15 is 0 Å². The van der Waals surface area contributed by atoms with Crippen molar-refractivity contribution in [2.75, 3.05) is 32.7 Å². The smallest absolute Gasteiger partial charge is 0.272 e. The summed E-state index contributed by atoms with van der Waals surface area (Å²) in [6.07, 6.45) is 4.29. The second-order valence-corrected chi connectivity index (χ2v) is 9.05. The fourth-order valence-corrected chi connectivity index (χ4v) is 4.41. The summed E-state index contributed by atoms with van der Waals surface area (Å²) in [4.78, 5) is 17.8. The molecule has 1 amide bonds. The van der Waals surface area contributed by atoms with Crippen LogP contribution < -0.4 is 0 Å². The van der Waals surface area contributed by atoms with E-state index in [9.17, 15) is 9.18 Å². The van der Waals surface area contributed by atoms with Crippen molar-refractivity contribution < 1.29 is 9.18 Å². The van der Waals surface area contributed by atoms with Gasteiger partial charge in [0, 0.05) is 38.3 Å². The van der Waals surface area contributed by atoms with Crippen LogP contribution in [0.1, 0.15) is 21.6 Å². The first-order chi connectivity index (χ1) is 17.6. The minimum Gasteiger partial charge on any atom is -0.335 e. The van der Waals surface area contributed by atoms with Crippen molar-refractivity contribution in [1.29, 1.82) is 0 Å². The van der Waals surface area contributed by atoms with Crippen LogP contribution in [0.5, 0.6) is 0 Å². The van der Waals surface area contributed by atoms with Crippen LogP contribution in [0, 0.1) is 12.7 Å². The lowest BCUT2D eigenvalue weighted by Crippen LogP contribution is -2.49. The van der Waals surface area contributed by atoms with Crippen molar-refractivity contribution in [3.8, 4) is 16.9 Å². The van der Waals surface area contributed by atoms with Gasteiger partial charge >= 0.3 is 0 Å². The molecule has 1 aliphatic heterocycles. The number of benzene rings is 3. The van der Waals surface area contributed by atoms with Crippen LogP contribution in [-0.2, 0) is 0 Å². The predicted molar refractivity (Wildman–Crippen MR) is 142 cm³/mol. The van der Waals surface area contributed by atoms with Crippen LogP contribution in [-0.4, -0.2) is 58.2 Å². The minimum atomic E-state index is -0.359. The highest BCUT2D eigenvalue weighted by Crippen LogP contribution is 2.25. The predicted octanol–water partition coefficient (Wildman–Crippen LogP) is 5.46. The van der Waals surface area contributed by atoms with E-state index in [-0.39, 0.29) is 11.7 Å². The third kappa shape index (κ3) is 5.29. The molecule has 0 radical (unpaired) electrons. The van der Waals surface area contributed by atoms with Crippen molar-refractivity contribution in [2.45, 2.75) is 6.92 Å². The summed E-state index contributed by atoms with van der Waals surface area (Å²) in [6, 6.07) is 26.3. The molecule has 182 valence electrons.